The van der Waals surface area contributed by atoms with Crippen LogP contribution in [0.5, 0.6) is 0 Å². The lowest BCUT2D eigenvalue weighted by molar-refractivity contribution is 0.189. The van der Waals surface area contributed by atoms with Gasteiger partial charge in [-0.15, -0.1) is 6.58 Å². The smallest absolute Gasteiger partial charge is 0.346 e. The van der Waals surface area contributed by atoms with Crippen LogP contribution in [0.4, 0.5) is 4.79 Å². The van der Waals surface area contributed by atoms with Gasteiger partial charge in [-0.2, -0.15) is 4.99 Å². The van der Waals surface area contributed by atoms with E-state index >= 15 is 0 Å². The van der Waals surface area contributed by atoms with Gasteiger partial charge in [-0.1, -0.05) is 24.6 Å². The molecule has 0 radical (unpaired) electrons. The van der Waals surface area contributed by atoms with Crippen molar-refractivity contribution in [3.8, 4) is 0 Å². The van der Waals surface area contributed by atoms with Crippen LogP contribution in [-0.2, 0) is 0 Å². The van der Waals surface area contributed by atoms with Crippen molar-refractivity contribution in [2.75, 3.05) is 6.54 Å². The molecule has 0 aromatic carbocycles. The number of carbonyl (C=O) groups excluding carboxylic acids is 1. The SMILES string of the molecule is C=CCN1C(=O)N=C(N)C1C1CC(C)=CC(C)C1. The number of aliphatic imine (C=N–C) groups is 1. The molecule has 3 unspecified atom stereocenters. The van der Waals surface area contributed by atoms with E-state index in [0.717, 1.165) is 12.8 Å². The van der Waals surface area contributed by atoms with E-state index in [0.29, 0.717) is 24.2 Å². The summed E-state index contributed by atoms with van der Waals surface area (Å²) < 4.78 is 0. The van der Waals surface area contributed by atoms with Crippen molar-refractivity contribution < 1.29 is 4.79 Å². The third-order valence-corrected chi connectivity index (χ3v) is 3.71. The van der Waals surface area contributed by atoms with Gasteiger partial charge in [0, 0.05) is 6.54 Å². The van der Waals surface area contributed by atoms with Crippen molar-refractivity contribution in [3.63, 3.8) is 0 Å². The Morgan fingerprint density at radius 1 is 1.67 bits per heavy atom. The first kappa shape index (κ1) is 12.9. The third kappa shape index (κ3) is 2.33. The zero-order chi connectivity index (χ0) is 13.3. The second kappa shape index (κ2) is 4.96. The highest BCUT2D eigenvalue weighted by molar-refractivity contribution is 6.03. The Bertz CT molecular complexity index is 425. The van der Waals surface area contributed by atoms with Gasteiger partial charge in [-0.3, -0.25) is 0 Å². The predicted molar refractivity (Wildman–Crippen MR) is 73.4 cm³/mol. The number of nitrogens with two attached hydrogens (primary N) is 1. The molecule has 3 atom stereocenters. The summed E-state index contributed by atoms with van der Waals surface area (Å²) in [5.74, 6) is 1.38. The molecule has 0 aromatic rings. The van der Waals surface area contributed by atoms with Crippen LogP contribution in [0.3, 0.4) is 0 Å². The number of rotatable bonds is 3. The molecule has 0 bridgehead atoms. The van der Waals surface area contributed by atoms with Crippen molar-refractivity contribution >= 4 is 11.9 Å². The molecule has 0 saturated heterocycles. The van der Waals surface area contributed by atoms with Crippen molar-refractivity contribution in [2.45, 2.75) is 32.7 Å². The fraction of sp³-hybridized carbons (Fsp3) is 0.571. The minimum Gasteiger partial charge on any atom is -0.385 e. The Morgan fingerprint density at radius 2 is 2.39 bits per heavy atom. The fourth-order valence-corrected chi connectivity index (χ4v) is 3.18. The van der Waals surface area contributed by atoms with Gasteiger partial charge in [-0.05, 0) is 31.6 Å². The van der Waals surface area contributed by atoms with E-state index in [2.05, 4.69) is 31.5 Å². The van der Waals surface area contributed by atoms with E-state index in [1.807, 2.05) is 0 Å². The highest BCUT2D eigenvalue weighted by atomic mass is 16.2. The fourth-order valence-electron chi connectivity index (χ4n) is 3.18. The summed E-state index contributed by atoms with van der Waals surface area (Å²) in [6.07, 6.45) is 6.08. The Labute approximate surface area is 108 Å². The molecular weight excluding hydrogens is 226 g/mol. The number of hydrogen-bond acceptors (Lipinski definition) is 2. The van der Waals surface area contributed by atoms with E-state index in [1.165, 1.54) is 5.57 Å². The molecule has 4 heteroatoms. The first-order chi connectivity index (χ1) is 8.52. The molecule has 2 amide bonds. The average Bonchev–Trinajstić information content (AvgIpc) is 2.53. The molecule has 18 heavy (non-hydrogen) atoms. The number of nitrogens with zero attached hydrogens (tertiary/aromatic N) is 2. The maximum absolute atomic E-state index is 11.8. The van der Waals surface area contributed by atoms with Crippen LogP contribution >= 0.6 is 0 Å². The monoisotopic (exact) mass is 247 g/mol. The molecular formula is C14H21N3O. The number of amides is 2. The first-order valence-corrected chi connectivity index (χ1v) is 6.45. The van der Waals surface area contributed by atoms with E-state index in [1.54, 1.807) is 11.0 Å². The maximum Gasteiger partial charge on any atom is 0.346 e. The van der Waals surface area contributed by atoms with Crippen LogP contribution in [0.1, 0.15) is 26.7 Å². The number of allylic oxidation sites excluding steroid dienone is 2. The standard InChI is InChI=1S/C14H21N3O/c1-4-5-17-12(13(15)16-14(17)18)11-7-9(2)6-10(3)8-11/h4,6,9,11-12H,1,5,7-8H2,2-3H3,(H2,15,16,18). The highest BCUT2D eigenvalue weighted by Crippen LogP contribution is 2.34. The molecule has 98 valence electrons. The summed E-state index contributed by atoms with van der Waals surface area (Å²) >= 11 is 0. The van der Waals surface area contributed by atoms with Gasteiger partial charge in [0.05, 0.1) is 6.04 Å². The Balaban J connectivity index is 2.20. The van der Waals surface area contributed by atoms with Crippen LogP contribution in [-0.4, -0.2) is 29.4 Å². The van der Waals surface area contributed by atoms with Gasteiger partial charge < -0.3 is 10.6 Å². The number of carbonyl (C=O) groups is 1. The van der Waals surface area contributed by atoms with Gasteiger partial charge in [0.15, 0.2) is 0 Å². The average molecular weight is 247 g/mol. The quantitative estimate of drug-likeness (QED) is 0.778. The zero-order valence-electron chi connectivity index (χ0n) is 11.1. The Morgan fingerprint density at radius 3 is 3.00 bits per heavy atom. The number of hydrogen-bond donors (Lipinski definition) is 1. The molecule has 4 nitrogen and oxygen atoms in total. The summed E-state index contributed by atoms with van der Waals surface area (Å²) in [6, 6.07) is -0.279. The predicted octanol–water partition coefficient (Wildman–Crippen LogP) is 2.33. The van der Waals surface area contributed by atoms with Gasteiger partial charge in [-0.25, -0.2) is 4.79 Å². The largest absolute Gasteiger partial charge is 0.385 e. The second-order valence-electron chi connectivity index (χ2n) is 5.40. The van der Waals surface area contributed by atoms with Crippen LogP contribution in [0.2, 0.25) is 0 Å². The molecule has 2 rings (SSSR count). The lowest BCUT2D eigenvalue weighted by atomic mass is 9.79. The lowest BCUT2D eigenvalue weighted by Gasteiger charge is -2.34. The second-order valence-corrected chi connectivity index (χ2v) is 5.40. The minimum atomic E-state index is -0.225. The van der Waals surface area contributed by atoms with Gasteiger partial charge >= 0.3 is 6.03 Å². The van der Waals surface area contributed by atoms with Gasteiger partial charge in [0.2, 0.25) is 0 Å². The van der Waals surface area contributed by atoms with Crippen LogP contribution < -0.4 is 5.73 Å². The summed E-state index contributed by atoms with van der Waals surface area (Å²) in [7, 11) is 0. The van der Waals surface area contributed by atoms with Crippen molar-refractivity contribution in [1.29, 1.82) is 0 Å². The van der Waals surface area contributed by atoms with Crippen LogP contribution in [0.15, 0.2) is 29.3 Å². The summed E-state index contributed by atoms with van der Waals surface area (Å²) in [6.45, 7) is 8.56. The topological polar surface area (TPSA) is 58.7 Å². The molecule has 0 saturated carbocycles. The Hall–Kier alpha value is -1.58. The van der Waals surface area contributed by atoms with Crippen LogP contribution in [0, 0.1) is 11.8 Å². The first-order valence-electron chi connectivity index (χ1n) is 6.45. The third-order valence-electron chi connectivity index (χ3n) is 3.71. The zero-order valence-corrected chi connectivity index (χ0v) is 11.1. The van der Waals surface area contributed by atoms with E-state index in [-0.39, 0.29) is 12.1 Å². The summed E-state index contributed by atoms with van der Waals surface area (Å²) in [4.78, 5) is 17.4. The maximum atomic E-state index is 11.8. The lowest BCUT2D eigenvalue weighted by Crippen LogP contribution is -2.46. The van der Waals surface area contributed by atoms with Crippen molar-refractivity contribution in [3.05, 3.63) is 24.3 Å². The normalized spacial score (nSPS) is 32.2. The molecule has 0 aromatic heterocycles. The molecule has 2 aliphatic rings. The Kier molecular flexibility index (Phi) is 3.55. The molecule has 2 N–H and O–H groups in total. The number of urea groups is 1. The molecule has 1 aliphatic heterocycles. The van der Waals surface area contributed by atoms with Gasteiger partial charge in [0.25, 0.3) is 0 Å². The summed E-state index contributed by atoms with van der Waals surface area (Å²) in [5, 5.41) is 0. The van der Waals surface area contributed by atoms with Crippen LogP contribution in [0.25, 0.3) is 0 Å². The molecule has 0 fully saturated rings. The van der Waals surface area contributed by atoms with E-state index in [4.69, 9.17) is 5.73 Å². The minimum absolute atomic E-state index is 0.0541. The van der Waals surface area contributed by atoms with Crippen molar-refractivity contribution in [1.82, 2.24) is 4.90 Å². The van der Waals surface area contributed by atoms with Crippen molar-refractivity contribution in [2.24, 2.45) is 22.6 Å². The number of amidine groups is 1. The van der Waals surface area contributed by atoms with E-state index in [9.17, 15) is 4.79 Å². The molecule has 1 heterocycles. The highest BCUT2D eigenvalue weighted by Gasteiger charge is 2.39. The van der Waals surface area contributed by atoms with Gasteiger partial charge in [0.1, 0.15) is 5.84 Å². The summed E-state index contributed by atoms with van der Waals surface area (Å²) in [5.41, 5.74) is 7.32. The molecule has 1 aliphatic carbocycles. The molecule has 0 spiro atoms. The van der Waals surface area contributed by atoms with E-state index < -0.39 is 0 Å².